The molecule has 2 heteroatoms. The quantitative estimate of drug-likeness (QED) is 0.533. The van der Waals surface area contributed by atoms with E-state index in [9.17, 15) is 9.18 Å². The number of hydrogen-bond acceptors (Lipinski definition) is 1. The van der Waals surface area contributed by atoms with Crippen molar-refractivity contribution in [2.75, 3.05) is 0 Å². The van der Waals surface area contributed by atoms with E-state index < -0.39 is 11.6 Å². The zero-order valence-corrected chi connectivity index (χ0v) is 6.36. The summed E-state index contributed by atoms with van der Waals surface area (Å²) in [6.45, 7) is 6.40. The van der Waals surface area contributed by atoms with Crippen LogP contribution < -0.4 is 0 Å². The maximum absolute atomic E-state index is 12.7. The van der Waals surface area contributed by atoms with E-state index in [0.717, 1.165) is 0 Å². The second kappa shape index (κ2) is 2.46. The number of alkyl halides is 1. The Morgan fingerprint density at radius 2 is 1.78 bits per heavy atom. The zero-order chi connectivity index (χ0) is 7.65. The number of hydrogen-bond donors (Lipinski definition) is 0. The molecular formula is C7H13FO. The van der Waals surface area contributed by atoms with E-state index >= 15 is 0 Å². The van der Waals surface area contributed by atoms with Gasteiger partial charge in [0.2, 0.25) is 0 Å². The molecule has 0 aliphatic carbocycles. The summed E-state index contributed by atoms with van der Waals surface area (Å²) >= 11 is 0. The minimum absolute atomic E-state index is 0.387. The van der Waals surface area contributed by atoms with Gasteiger partial charge in [0.1, 0.15) is 0 Å². The highest BCUT2D eigenvalue weighted by Gasteiger charge is 2.27. The topological polar surface area (TPSA) is 17.1 Å². The van der Waals surface area contributed by atoms with Crippen molar-refractivity contribution in [1.82, 2.24) is 0 Å². The standard InChI is InChI=1S/C7H13FO/c1-5(9)6(8)7(2,3)4/h6H,1-4H3. The van der Waals surface area contributed by atoms with Gasteiger partial charge in [-0.15, -0.1) is 0 Å². The Kier molecular flexibility index (Phi) is 2.35. The Morgan fingerprint density at radius 3 is 1.78 bits per heavy atom. The van der Waals surface area contributed by atoms with Crippen molar-refractivity contribution in [2.24, 2.45) is 5.41 Å². The number of ketones is 1. The minimum atomic E-state index is -1.32. The average Bonchev–Trinajstić information content (AvgIpc) is 1.62. The SMILES string of the molecule is CC(=O)C(F)C(C)(C)C. The largest absolute Gasteiger partial charge is 0.297 e. The summed E-state index contributed by atoms with van der Waals surface area (Å²) in [4.78, 5) is 10.4. The maximum Gasteiger partial charge on any atom is 0.164 e. The Morgan fingerprint density at radius 1 is 1.44 bits per heavy atom. The number of Topliss-reactive ketones (excluding diaryl/α,β-unsaturated/α-hetero) is 1. The first-order valence-corrected chi connectivity index (χ1v) is 3.00. The monoisotopic (exact) mass is 132 g/mol. The summed E-state index contributed by atoms with van der Waals surface area (Å²) < 4.78 is 12.7. The Bertz CT molecular complexity index is 113. The van der Waals surface area contributed by atoms with E-state index in [4.69, 9.17) is 0 Å². The van der Waals surface area contributed by atoms with Crippen LogP contribution in [0.25, 0.3) is 0 Å². The van der Waals surface area contributed by atoms with Crippen molar-refractivity contribution in [2.45, 2.75) is 33.9 Å². The van der Waals surface area contributed by atoms with Crippen molar-refractivity contribution in [1.29, 1.82) is 0 Å². The van der Waals surface area contributed by atoms with Crippen molar-refractivity contribution in [3.05, 3.63) is 0 Å². The number of carbonyl (C=O) groups excluding carboxylic acids is 1. The Hall–Kier alpha value is -0.400. The fourth-order valence-electron chi connectivity index (χ4n) is 0.610. The molecule has 0 aromatic rings. The van der Waals surface area contributed by atoms with Crippen molar-refractivity contribution >= 4 is 5.78 Å². The fourth-order valence-corrected chi connectivity index (χ4v) is 0.610. The second-order valence-corrected chi connectivity index (χ2v) is 3.34. The molecule has 0 saturated heterocycles. The molecule has 9 heavy (non-hydrogen) atoms. The lowest BCUT2D eigenvalue weighted by atomic mass is 9.88. The minimum Gasteiger partial charge on any atom is -0.297 e. The van der Waals surface area contributed by atoms with Crippen molar-refractivity contribution in [3.8, 4) is 0 Å². The molecule has 0 aliphatic rings. The van der Waals surface area contributed by atoms with Gasteiger partial charge in [0, 0.05) is 5.41 Å². The van der Waals surface area contributed by atoms with Gasteiger partial charge in [-0.05, 0) is 6.92 Å². The highest BCUT2D eigenvalue weighted by Crippen LogP contribution is 2.22. The number of carbonyl (C=O) groups is 1. The van der Waals surface area contributed by atoms with Crippen LogP contribution in [-0.4, -0.2) is 12.0 Å². The van der Waals surface area contributed by atoms with Gasteiger partial charge in [-0.25, -0.2) is 4.39 Å². The van der Waals surface area contributed by atoms with Crippen LogP contribution in [0.15, 0.2) is 0 Å². The van der Waals surface area contributed by atoms with E-state index in [1.54, 1.807) is 20.8 Å². The molecular weight excluding hydrogens is 119 g/mol. The molecule has 54 valence electrons. The van der Waals surface area contributed by atoms with E-state index in [1.165, 1.54) is 6.92 Å². The highest BCUT2D eigenvalue weighted by atomic mass is 19.1. The Labute approximate surface area is 55.3 Å². The number of rotatable bonds is 1. The lowest BCUT2D eigenvalue weighted by molar-refractivity contribution is -0.125. The molecule has 1 atom stereocenters. The molecule has 0 aromatic carbocycles. The third-order valence-corrected chi connectivity index (χ3v) is 1.12. The summed E-state index contributed by atoms with van der Waals surface area (Å²) in [5, 5.41) is 0. The molecule has 0 aliphatic heterocycles. The molecule has 0 aromatic heterocycles. The zero-order valence-electron chi connectivity index (χ0n) is 6.36. The normalized spacial score (nSPS) is 15.2. The van der Waals surface area contributed by atoms with Gasteiger partial charge in [-0.3, -0.25) is 4.79 Å². The summed E-state index contributed by atoms with van der Waals surface area (Å²) in [6.07, 6.45) is -1.32. The van der Waals surface area contributed by atoms with Crippen LogP contribution in [0.2, 0.25) is 0 Å². The van der Waals surface area contributed by atoms with Crippen LogP contribution in [0.4, 0.5) is 4.39 Å². The van der Waals surface area contributed by atoms with E-state index in [2.05, 4.69) is 0 Å². The Balaban J connectivity index is 4.04. The smallest absolute Gasteiger partial charge is 0.164 e. The van der Waals surface area contributed by atoms with Gasteiger partial charge in [0.15, 0.2) is 12.0 Å². The van der Waals surface area contributed by atoms with Gasteiger partial charge >= 0.3 is 0 Å². The molecule has 0 N–H and O–H groups in total. The first kappa shape index (κ1) is 8.60. The van der Waals surface area contributed by atoms with Gasteiger partial charge in [-0.2, -0.15) is 0 Å². The summed E-state index contributed by atoms with van der Waals surface area (Å²) in [5.41, 5.74) is -0.536. The molecule has 0 spiro atoms. The predicted octanol–water partition coefficient (Wildman–Crippen LogP) is 1.96. The summed E-state index contributed by atoms with van der Waals surface area (Å²) in [7, 11) is 0. The van der Waals surface area contributed by atoms with Gasteiger partial charge in [0.25, 0.3) is 0 Å². The van der Waals surface area contributed by atoms with Gasteiger partial charge in [0.05, 0.1) is 0 Å². The first-order chi connectivity index (χ1) is 3.85. The third-order valence-electron chi connectivity index (χ3n) is 1.12. The molecule has 1 unspecified atom stereocenters. The van der Waals surface area contributed by atoms with Crippen LogP contribution in [0.3, 0.4) is 0 Å². The molecule has 0 saturated carbocycles. The summed E-state index contributed by atoms with van der Waals surface area (Å²) in [5.74, 6) is -0.387. The van der Waals surface area contributed by atoms with E-state index in [1.807, 2.05) is 0 Å². The van der Waals surface area contributed by atoms with Gasteiger partial charge in [-0.1, -0.05) is 20.8 Å². The lowest BCUT2D eigenvalue weighted by Crippen LogP contribution is -2.28. The molecule has 0 radical (unpaired) electrons. The second-order valence-electron chi connectivity index (χ2n) is 3.34. The van der Waals surface area contributed by atoms with E-state index in [-0.39, 0.29) is 5.78 Å². The molecule has 0 heterocycles. The van der Waals surface area contributed by atoms with Crippen LogP contribution >= 0.6 is 0 Å². The van der Waals surface area contributed by atoms with E-state index in [0.29, 0.717) is 0 Å². The molecule has 1 nitrogen and oxygen atoms in total. The predicted molar refractivity (Wildman–Crippen MR) is 35.0 cm³/mol. The highest BCUT2D eigenvalue weighted by molar-refractivity contribution is 5.81. The van der Waals surface area contributed by atoms with Gasteiger partial charge < -0.3 is 0 Å². The van der Waals surface area contributed by atoms with Crippen LogP contribution in [-0.2, 0) is 4.79 Å². The molecule has 0 bridgehead atoms. The molecule has 0 amide bonds. The lowest BCUT2D eigenvalue weighted by Gasteiger charge is -2.20. The van der Waals surface area contributed by atoms with Crippen LogP contribution in [0, 0.1) is 5.41 Å². The maximum atomic E-state index is 12.7. The van der Waals surface area contributed by atoms with Crippen molar-refractivity contribution in [3.63, 3.8) is 0 Å². The molecule has 0 rings (SSSR count). The van der Waals surface area contributed by atoms with Crippen molar-refractivity contribution < 1.29 is 9.18 Å². The average molecular weight is 132 g/mol. The van der Waals surface area contributed by atoms with Crippen LogP contribution in [0.5, 0.6) is 0 Å². The van der Waals surface area contributed by atoms with Crippen LogP contribution in [0.1, 0.15) is 27.7 Å². The molecule has 0 fully saturated rings. The summed E-state index contributed by atoms with van der Waals surface area (Å²) in [6, 6.07) is 0. The fraction of sp³-hybridized carbons (Fsp3) is 0.857. The number of halogens is 1. The third kappa shape index (κ3) is 2.59. The first-order valence-electron chi connectivity index (χ1n) is 3.00.